The molecule has 0 aromatic heterocycles. The normalized spacial score (nSPS) is 10.9. The van der Waals surface area contributed by atoms with Crippen molar-refractivity contribution in [1.29, 1.82) is 0 Å². The lowest BCUT2D eigenvalue weighted by molar-refractivity contribution is 0.0698. The first-order valence-electron chi connectivity index (χ1n) is 10.2. The maximum Gasteiger partial charge on any atom is 0.251 e. The predicted octanol–water partition coefficient (Wildman–Crippen LogP) is 2.94. The number of unbranched alkanes of at least 4 members (excludes halogenated alkanes) is 1. The molecular formula is C21H37IN4O3. The Balaban J connectivity index is 0.00000784. The fourth-order valence-corrected chi connectivity index (χ4v) is 2.38. The Labute approximate surface area is 192 Å². The molecule has 1 aromatic carbocycles. The summed E-state index contributed by atoms with van der Waals surface area (Å²) in [5, 5.41) is 9.47. The molecule has 0 aliphatic heterocycles. The third kappa shape index (κ3) is 13.5. The first kappa shape index (κ1) is 27.6. The maximum absolute atomic E-state index is 12.0. The van der Waals surface area contributed by atoms with Gasteiger partial charge >= 0.3 is 0 Å². The molecule has 3 N–H and O–H groups in total. The van der Waals surface area contributed by atoms with Gasteiger partial charge in [0.15, 0.2) is 5.96 Å². The van der Waals surface area contributed by atoms with E-state index in [1.54, 1.807) is 7.11 Å². The molecule has 0 radical (unpaired) electrons. The van der Waals surface area contributed by atoms with Gasteiger partial charge in [0.05, 0.1) is 19.8 Å². The molecule has 0 saturated carbocycles. The highest BCUT2D eigenvalue weighted by Gasteiger charge is 2.04. The summed E-state index contributed by atoms with van der Waals surface area (Å²) in [5.41, 5.74) is 1.74. The van der Waals surface area contributed by atoms with Crippen LogP contribution in [0.15, 0.2) is 29.3 Å². The van der Waals surface area contributed by atoms with Gasteiger partial charge in [0.25, 0.3) is 5.91 Å². The van der Waals surface area contributed by atoms with Gasteiger partial charge in [0.1, 0.15) is 0 Å². The van der Waals surface area contributed by atoms with E-state index >= 15 is 0 Å². The minimum atomic E-state index is -0.0220. The first-order chi connectivity index (χ1) is 13.7. The predicted molar refractivity (Wildman–Crippen MR) is 129 cm³/mol. The second kappa shape index (κ2) is 18.6. The number of aliphatic imine (C=N–C) groups is 1. The lowest BCUT2D eigenvalue weighted by Gasteiger charge is -2.11. The van der Waals surface area contributed by atoms with E-state index in [-0.39, 0.29) is 29.9 Å². The molecule has 166 valence electrons. The standard InChI is InChI=1S/C21H36N4O3.HI/c1-4-6-12-23-20(26)19-10-8-18(9-11-19)17-25-21(22-5-2)24-13-7-14-28-16-15-27-3;/h8-11H,4-7,12-17H2,1-3H3,(H,23,26)(H2,22,24,25);1H. The Kier molecular flexibility index (Phi) is 17.7. The van der Waals surface area contributed by atoms with E-state index < -0.39 is 0 Å². The van der Waals surface area contributed by atoms with Gasteiger partial charge in [-0.15, -0.1) is 24.0 Å². The number of halogens is 1. The van der Waals surface area contributed by atoms with Crippen LogP contribution in [0, 0.1) is 0 Å². The van der Waals surface area contributed by atoms with E-state index in [4.69, 9.17) is 9.47 Å². The maximum atomic E-state index is 12.0. The summed E-state index contributed by atoms with van der Waals surface area (Å²) in [6, 6.07) is 7.60. The van der Waals surface area contributed by atoms with Gasteiger partial charge in [0.2, 0.25) is 0 Å². The van der Waals surface area contributed by atoms with Gasteiger partial charge in [0, 0.05) is 38.9 Å². The van der Waals surface area contributed by atoms with Crippen LogP contribution in [0.25, 0.3) is 0 Å². The quantitative estimate of drug-likeness (QED) is 0.152. The molecule has 1 rings (SSSR count). The monoisotopic (exact) mass is 520 g/mol. The summed E-state index contributed by atoms with van der Waals surface area (Å²) < 4.78 is 10.4. The zero-order valence-electron chi connectivity index (χ0n) is 18.0. The molecule has 8 heteroatoms. The molecule has 29 heavy (non-hydrogen) atoms. The van der Waals surface area contributed by atoms with Gasteiger partial charge in [-0.1, -0.05) is 25.5 Å². The Hall–Kier alpha value is -1.39. The number of hydrogen-bond donors (Lipinski definition) is 3. The molecule has 0 heterocycles. The van der Waals surface area contributed by atoms with E-state index in [1.807, 2.05) is 31.2 Å². The minimum Gasteiger partial charge on any atom is -0.382 e. The minimum absolute atomic E-state index is 0. The van der Waals surface area contributed by atoms with Crippen LogP contribution in [0.4, 0.5) is 0 Å². The van der Waals surface area contributed by atoms with Crippen LogP contribution in [0.5, 0.6) is 0 Å². The molecule has 0 saturated heterocycles. The summed E-state index contributed by atoms with van der Waals surface area (Å²) in [5.74, 6) is 0.756. The van der Waals surface area contributed by atoms with Gasteiger partial charge in [-0.2, -0.15) is 0 Å². The van der Waals surface area contributed by atoms with E-state index in [1.165, 1.54) is 0 Å². The van der Waals surface area contributed by atoms with Crippen LogP contribution >= 0.6 is 24.0 Å². The van der Waals surface area contributed by atoms with E-state index in [9.17, 15) is 4.79 Å². The molecule has 0 bridgehead atoms. The molecule has 7 nitrogen and oxygen atoms in total. The fraction of sp³-hybridized carbons (Fsp3) is 0.619. The molecular weight excluding hydrogens is 483 g/mol. The average molecular weight is 520 g/mol. The summed E-state index contributed by atoms with van der Waals surface area (Å²) in [6.07, 6.45) is 2.97. The van der Waals surface area contributed by atoms with E-state index in [0.29, 0.717) is 31.9 Å². The molecule has 0 atom stereocenters. The Morgan fingerprint density at radius 1 is 0.966 bits per heavy atom. The number of benzene rings is 1. The smallest absolute Gasteiger partial charge is 0.251 e. The van der Waals surface area contributed by atoms with Crippen molar-refractivity contribution in [3.63, 3.8) is 0 Å². The number of hydrogen-bond acceptors (Lipinski definition) is 4. The van der Waals surface area contributed by atoms with Crippen molar-refractivity contribution in [2.75, 3.05) is 46.6 Å². The van der Waals surface area contributed by atoms with Crippen molar-refractivity contribution < 1.29 is 14.3 Å². The Morgan fingerprint density at radius 3 is 2.34 bits per heavy atom. The lowest BCUT2D eigenvalue weighted by Crippen LogP contribution is -2.38. The number of nitrogens with zero attached hydrogens (tertiary/aromatic N) is 1. The fourth-order valence-electron chi connectivity index (χ4n) is 2.38. The molecule has 0 unspecified atom stereocenters. The molecule has 1 aromatic rings. The number of ether oxygens (including phenoxy) is 2. The molecule has 1 amide bonds. The van der Waals surface area contributed by atoms with Crippen LogP contribution in [-0.4, -0.2) is 58.4 Å². The zero-order valence-corrected chi connectivity index (χ0v) is 20.3. The van der Waals surface area contributed by atoms with Crippen LogP contribution in [0.2, 0.25) is 0 Å². The third-order valence-corrected chi connectivity index (χ3v) is 3.99. The van der Waals surface area contributed by atoms with Crippen molar-refractivity contribution in [1.82, 2.24) is 16.0 Å². The second-order valence-corrected chi connectivity index (χ2v) is 6.39. The van der Waals surface area contributed by atoms with Gasteiger partial charge < -0.3 is 25.4 Å². The number of nitrogens with one attached hydrogen (secondary N) is 3. The van der Waals surface area contributed by atoms with Crippen molar-refractivity contribution in [2.45, 2.75) is 39.7 Å². The number of carbonyl (C=O) groups is 1. The van der Waals surface area contributed by atoms with Crippen LogP contribution < -0.4 is 16.0 Å². The molecule has 0 spiro atoms. The van der Waals surface area contributed by atoms with Crippen LogP contribution in [0.1, 0.15) is 49.0 Å². The number of guanidine groups is 1. The van der Waals surface area contributed by atoms with Gasteiger partial charge in [-0.25, -0.2) is 4.99 Å². The van der Waals surface area contributed by atoms with Gasteiger partial charge in [-0.05, 0) is 37.5 Å². The second-order valence-electron chi connectivity index (χ2n) is 6.39. The summed E-state index contributed by atoms with van der Waals surface area (Å²) in [4.78, 5) is 16.6. The lowest BCUT2D eigenvalue weighted by atomic mass is 10.1. The number of methoxy groups -OCH3 is 1. The first-order valence-corrected chi connectivity index (χ1v) is 10.2. The highest BCUT2D eigenvalue weighted by Crippen LogP contribution is 2.06. The van der Waals surface area contributed by atoms with Crippen molar-refractivity contribution in [3.8, 4) is 0 Å². The Bertz CT molecular complexity index is 568. The van der Waals surface area contributed by atoms with Crippen molar-refractivity contribution in [3.05, 3.63) is 35.4 Å². The van der Waals surface area contributed by atoms with Crippen molar-refractivity contribution >= 4 is 35.8 Å². The Morgan fingerprint density at radius 2 is 1.69 bits per heavy atom. The number of rotatable bonds is 14. The van der Waals surface area contributed by atoms with Crippen LogP contribution in [0.3, 0.4) is 0 Å². The van der Waals surface area contributed by atoms with Crippen LogP contribution in [-0.2, 0) is 16.0 Å². The molecule has 0 aliphatic carbocycles. The topological polar surface area (TPSA) is 84.0 Å². The highest BCUT2D eigenvalue weighted by atomic mass is 127. The van der Waals surface area contributed by atoms with E-state index in [2.05, 4.69) is 27.9 Å². The largest absolute Gasteiger partial charge is 0.382 e. The summed E-state index contributed by atoms with van der Waals surface area (Å²) in [6.45, 7) is 8.94. The molecule has 0 fully saturated rings. The molecule has 0 aliphatic rings. The van der Waals surface area contributed by atoms with Crippen molar-refractivity contribution in [2.24, 2.45) is 4.99 Å². The number of amides is 1. The summed E-state index contributed by atoms with van der Waals surface area (Å²) >= 11 is 0. The third-order valence-electron chi connectivity index (χ3n) is 3.99. The zero-order chi connectivity index (χ0) is 20.5. The van der Waals surface area contributed by atoms with Gasteiger partial charge in [-0.3, -0.25) is 4.79 Å². The van der Waals surface area contributed by atoms with E-state index in [0.717, 1.165) is 50.4 Å². The highest BCUT2D eigenvalue weighted by molar-refractivity contribution is 14.0. The summed E-state index contributed by atoms with van der Waals surface area (Å²) in [7, 11) is 1.67. The SMILES string of the molecule is CCCCNC(=O)c1ccc(CN=C(NCC)NCCCOCCOC)cc1.I. The number of carbonyl (C=O) groups excluding carboxylic acids is 1. The average Bonchev–Trinajstić information content (AvgIpc) is 2.71.